The number of aryl methyl sites for hydroxylation is 1. The monoisotopic (exact) mass is 376 g/mol. The minimum atomic E-state index is -4.53. The van der Waals surface area contributed by atoms with E-state index in [1.165, 1.54) is 6.92 Å². The van der Waals surface area contributed by atoms with Gasteiger partial charge in [-0.25, -0.2) is 4.68 Å². The maximum absolute atomic E-state index is 12.9. The van der Waals surface area contributed by atoms with Gasteiger partial charge < -0.3 is 0 Å². The lowest BCUT2D eigenvalue weighted by molar-refractivity contribution is -0.141. The molecule has 0 atom stereocenters. The third kappa shape index (κ3) is 3.53. The summed E-state index contributed by atoms with van der Waals surface area (Å²) in [6.07, 6.45) is -1.93. The minimum absolute atomic E-state index is 0.275. The van der Waals surface area contributed by atoms with Crippen molar-refractivity contribution in [3.63, 3.8) is 0 Å². The smallest absolute Gasteiger partial charge is 0.298 e. The van der Waals surface area contributed by atoms with Gasteiger partial charge in [0.2, 0.25) is 0 Å². The quantitative estimate of drug-likeness (QED) is 0.452. The number of thioether (sulfide) groups is 1. The van der Waals surface area contributed by atoms with Gasteiger partial charge in [-0.2, -0.15) is 18.3 Å². The topological polar surface area (TPSA) is 34.9 Å². The summed E-state index contributed by atoms with van der Waals surface area (Å²) in [4.78, 5) is 12.6. The largest absolute Gasteiger partial charge is 0.435 e. The van der Waals surface area contributed by atoms with Crippen LogP contribution in [0.25, 0.3) is 16.8 Å². The number of carbonyl (C=O) groups is 1. The Morgan fingerprint density at radius 1 is 1.08 bits per heavy atom. The first-order valence-electron chi connectivity index (χ1n) is 7.71. The number of aldehydes is 1. The number of carbonyl (C=O) groups excluding carboxylic acids is 1. The Kier molecular flexibility index (Phi) is 4.91. The molecule has 26 heavy (non-hydrogen) atoms. The Hall–Kier alpha value is -2.54. The zero-order valence-electron chi connectivity index (χ0n) is 14.0. The van der Waals surface area contributed by atoms with Gasteiger partial charge in [0.1, 0.15) is 0 Å². The molecule has 0 amide bonds. The van der Waals surface area contributed by atoms with Crippen molar-refractivity contribution in [3.8, 4) is 16.8 Å². The SMILES string of the molecule is CSc1cccc(-c2ccc(-n3nc(C(F)(F)F)cc3C)c(C=O)c2)c1. The molecule has 7 heteroatoms. The van der Waals surface area contributed by atoms with Crippen LogP contribution in [0.4, 0.5) is 13.2 Å². The Balaban J connectivity index is 2.08. The van der Waals surface area contributed by atoms with Crippen LogP contribution in [0.2, 0.25) is 0 Å². The summed E-state index contributed by atoms with van der Waals surface area (Å²) < 4.78 is 39.8. The average Bonchev–Trinajstić information content (AvgIpc) is 3.03. The maximum atomic E-state index is 12.9. The number of aromatic nitrogens is 2. The number of halogens is 3. The van der Waals surface area contributed by atoms with Crippen LogP contribution in [-0.4, -0.2) is 22.3 Å². The van der Waals surface area contributed by atoms with Gasteiger partial charge in [-0.3, -0.25) is 4.79 Å². The molecular weight excluding hydrogens is 361 g/mol. The van der Waals surface area contributed by atoms with Gasteiger partial charge in [0.15, 0.2) is 12.0 Å². The summed E-state index contributed by atoms with van der Waals surface area (Å²) in [6, 6.07) is 13.8. The van der Waals surface area contributed by atoms with Gasteiger partial charge in [-0.15, -0.1) is 11.8 Å². The predicted octanol–water partition coefficient (Wildman–Crippen LogP) is 5.40. The molecule has 3 nitrogen and oxygen atoms in total. The zero-order valence-corrected chi connectivity index (χ0v) is 14.9. The molecule has 0 bridgehead atoms. The third-order valence-electron chi connectivity index (χ3n) is 3.96. The maximum Gasteiger partial charge on any atom is 0.435 e. The number of alkyl halides is 3. The zero-order chi connectivity index (χ0) is 18.9. The number of hydrogen-bond donors (Lipinski definition) is 0. The van der Waals surface area contributed by atoms with Crippen LogP contribution in [-0.2, 0) is 6.18 Å². The molecule has 0 saturated heterocycles. The molecule has 1 aromatic heterocycles. The summed E-state index contributed by atoms with van der Waals surface area (Å²) in [5.74, 6) is 0. The van der Waals surface area contributed by atoms with E-state index >= 15 is 0 Å². The fraction of sp³-hybridized carbons (Fsp3) is 0.158. The van der Waals surface area contributed by atoms with Crippen LogP contribution >= 0.6 is 11.8 Å². The van der Waals surface area contributed by atoms with Crippen molar-refractivity contribution in [2.75, 3.05) is 6.26 Å². The standard InChI is InChI=1S/C19H15F3N2OS/c1-12-8-18(19(20,21)22)23-24(12)17-7-6-14(9-15(17)11-25)13-4-3-5-16(10-13)26-2/h3-11H,1-2H3. The van der Waals surface area contributed by atoms with E-state index in [2.05, 4.69) is 5.10 Å². The summed E-state index contributed by atoms with van der Waals surface area (Å²) >= 11 is 1.60. The molecule has 0 radical (unpaired) electrons. The van der Waals surface area contributed by atoms with Crippen molar-refractivity contribution >= 4 is 18.0 Å². The fourth-order valence-corrected chi connectivity index (χ4v) is 3.14. The van der Waals surface area contributed by atoms with E-state index in [0.29, 0.717) is 17.7 Å². The van der Waals surface area contributed by atoms with E-state index in [1.54, 1.807) is 30.0 Å². The van der Waals surface area contributed by atoms with Gasteiger partial charge >= 0.3 is 6.18 Å². The first-order valence-corrected chi connectivity index (χ1v) is 8.94. The summed E-state index contributed by atoms with van der Waals surface area (Å²) in [6.45, 7) is 1.52. The van der Waals surface area contributed by atoms with Crippen molar-refractivity contribution in [1.82, 2.24) is 9.78 Å². The van der Waals surface area contributed by atoms with Crippen molar-refractivity contribution in [2.24, 2.45) is 0 Å². The van der Waals surface area contributed by atoms with E-state index in [1.807, 2.05) is 30.5 Å². The van der Waals surface area contributed by atoms with Crippen LogP contribution in [0, 0.1) is 6.92 Å². The highest BCUT2D eigenvalue weighted by Gasteiger charge is 2.34. The molecule has 3 aromatic rings. The second-order valence-electron chi connectivity index (χ2n) is 5.70. The second kappa shape index (κ2) is 6.99. The fourth-order valence-electron chi connectivity index (χ4n) is 2.68. The Morgan fingerprint density at radius 2 is 1.81 bits per heavy atom. The Labute approximate surface area is 152 Å². The number of hydrogen-bond acceptors (Lipinski definition) is 3. The molecule has 0 aliphatic heterocycles. The van der Waals surface area contributed by atoms with Crippen LogP contribution in [0.1, 0.15) is 21.7 Å². The minimum Gasteiger partial charge on any atom is -0.298 e. The van der Waals surface area contributed by atoms with E-state index in [-0.39, 0.29) is 5.56 Å². The molecule has 0 aliphatic rings. The van der Waals surface area contributed by atoms with Crippen molar-refractivity contribution in [3.05, 3.63) is 65.5 Å². The molecule has 0 unspecified atom stereocenters. The number of benzene rings is 2. The summed E-state index contributed by atoms with van der Waals surface area (Å²) in [7, 11) is 0. The van der Waals surface area contributed by atoms with Crippen molar-refractivity contribution in [1.29, 1.82) is 0 Å². The molecule has 0 saturated carbocycles. The van der Waals surface area contributed by atoms with Crippen LogP contribution in [0.3, 0.4) is 0 Å². The van der Waals surface area contributed by atoms with E-state index < -0.39 is 11.9 Å². The highest BCUT2D eigenvalue weighted by atomic mass is 32.2. The molecule has 3 rings (SSSR count). The highest BCUT2D eigenvalue weighted by molar-refractivity contribution is 7.98. The van der Waals surface area contributed by atoms with Gasteiger partial charge in [-0.1, -0.05) is 18.2 Å². The van der Waals surface area contributed by atoms with Crippen LogP contribution in [0.15, 0.2) is 53.4 Å². The van der Waals surface area contributed by atoms with Crippen molar-refractivity contribution in [2.45, 2.75) is 18.0 Å². The predicted molar refractivity (Wildman–Crippen MR) is 95.9 cm³/mol. The van der Waals surface area contributed by atoms with Crippen LogP contribution < -0.4 is 0 Å². The lowest BCUT2D eigenvalue weighted by Gasteiger charge is -2.11. The number of rotatable bonds is 4. The molecule has 0 aliphatic carbocycles. The number of nitrogens with zero attached hydrogens (tertiary/aromatic N) is 2. The Morgan fingerprint density at radius 3 is 2.42 bits per heavy atom. The van der Waals surface area contributed by atoms with Gasteiger partial charge in [-0.05, 0) is 54.6 Å². The summed E-state index contributed by atoms with van der Waals surface area (Å²) in [5, 5.41) is 3.62. The highest BCUT2D eigenvalue weighted by Crippen LogP contribution is 2.31. The molecule has 0 spiro atoms. The van der Waals surface area contributed by atoms with Crippen LogP contribution in [0.5, 0.6) is 0 Å². The molecule has 2 aromatic carbocycles. The second-order valence-corrected chi connectivity index (χ2v) is 6.58. The van der Waals surface area contributed by atoms with Gasteiger partial charge in [0, 0.05) is 16.2 Å². The Bertz CT molecular complexity index is 964. The van der Waals surface area contributed by atoms with E-state index in [4.69, 9.17) is 0 Å². The summed E-state index contributed by atoms with van der Waals surface area (Å²) in [5.41, 5.74) is 1.66. The molecule has 134 valence electrons. The first kappa shape index (κ1) is 18.3. The lowest BCUT2D eigenvalue weighted by Crippen LogP contribution is -2.08. The van der Waals surface area contributed by atoms with E-state index in [0.717, 1.165) is 26.8 Å². The van der Waals surface area contributed by atoms with E-state index in [9.17, 15) is 18.0 Å². The van der Waals surface area contributed by atoms with Gasteiger partial charge in [0.05, 0.1) is 5.69 Å². The lowest BCUT2D eigenvalue weighted by atomic mass is 10.0. The van der Waals surface area contributed by atoms with Gasteiger partial charge in [0.25, 0.3) is 0 Å². The molecule has 0 N–H and O–H groups in total. The molecular formula is C19H15F3N2OS. The first-order chi connectivity index (χ1) is 12.3. The molecule has 1 heterocycles. The molecule has 0 fully saturated rings. The van der Waals surface area contributed by atoms with Crippen molar-refractivity contribution < 1.29 is 18.0 Å². The third-order valence-corrected chi connectivity index (χ3v) is 4.69. The normalized spacial score (nSPS) is 11.6. The average molecular weight is 376 g/mol.